The summed E-state index contributed by atoms with van der Waals surface area (Å²) in [6.45, 7) is 4.94. The van der Waals surface area contributed by atoms with Gasteiger partial charge in [0.05, 0.1) is 10.8 Å². The Hall–Kier alpha value is -2.64. The molecule has 2 aliphatic heterocycles. The Morgan fingerprint density at radius 3 is 2.34 bits per heavy atom. The summed E-state index contributed by atoms with van der Waals surface area (Å²) in [5.41, 5.74) is 0.650. The Labute approximate surface area is 171 Å². The topological polar surface area (TPSA) is 93.0 Å². The minimum absolute atomic E-state index is 0.0731. The van der Waals surface area contributed by atoms with Gasteiger partial charge >= 0.3 is 5.97 Å². The molecule has 0 aromatic heterocycles. The number of nitro benzene ring substituents is 1. The monoisotopic (exact) mass is 403 g/mol. The number of hydrogen-bond donors (Lipinski definition) is 0. The number of benzene rings is 1. The first-order valence-corrected chi connectivity index (χ1v) is 10.3. The Morgan fingerprint density at radius 2 is 1.72 bits per heavy atom. The molecule has 0 radical (unpaired) electrons. The summed E-state index contributed by atoms with van der Waals surface area (Å²) in [7, 11) is 0. The largest absolute Gasteiger partial charge is 0.455 e. The third-order valence-corrected chi connectivity index (χ3v) is 6.07. The van der Waals surface area contributed by atoms with Gasteiger partial charge in [0.25, 0.3) is 11.6 Å². The van der Waals surface area contributed by atoms with Gasteiger partial charge in [-0.1, -0.05) is 12.1 Å². The van der Waals surface area contributed by atoms with E-state index in [4.69, 9.17) is 4.74 Å². The van der Waals surface area contributed by atoms with Crippen molar-refractivity contribution in [2.24, 2.45) is 5.92 Å². The van der Waals surface area contributed by atoms with E-state index >= 15 is 0 Å². The number of carbonyl (C=O) groups is 2. The summed E-state index contributed by atoms with van der Waals surface area (Å²) in [5.74, 6) is -0.758. The molecule has 0 unspecified atom stereocenters. The molecule has 2 saturated heterocycles. The number of anilines is 1. The highest BCUT2D eigenvalue weighted by molar-refractivity contribution is 5.82. The zero-order valence-corrected chi connectivity index (χ0v) is 17.1. The van der Waals surface area contributed by atoms with E-state index in [9.17, 15) is 19.7 Å². The van der Waals surface area contributed by atoms with Crippen molar-refractivity contribution in [2.75, 3.05) is 24.6 Å². The highest BCUT2D eigenvalue weighted by atomic mass is 16.6. The van der Waals surface area contributed by atoms with Gasteiger partial charge in [0.15, 0.2) is 6.61 Å². The molecule has 8 nitrogen and oxygen atoms in total. The van der Waals surface area contributed by atoms with Crippen LogP contribution in [-0.4, -0.2) is 53.5 Å². The Bertz CT molecular complexity index is 750. The van der Waals surface area contributed by atoms with Gasteiger partial charge in [-0.05, 0) is 52.0 Å². The van der Waals surface area contributed by atoms with Crippen LogP contribution in [0.4, 0.5) is 11.4 Å². The summed E-state index contributed by atoms with van der Waals surface area (Å²) >= 11 is 0. The molecule has 1 aromatic carbocycles. The van der Waals surface area contributed by atoms with Crippen molar-refractivity contribution >= 4 is 23.3 Å². The maximum atomic E-state index is 12.5. The van der Waals surface area contributed by atoms with Crippen LogP contribution in [0.3, 0.4) is 0 Å². The maximum absolute atomic E-state index is 12.5. The van der Waals surface area contributed by atoms with Gasteiger partial charge in [-0.15, -0.1) is 0 Å². The van der Waals surface area contributed by atoms with Gasteiger partial charge in [-0.25, -0.2) is 0 Å². The van der Waals surface area contributed by atoms with Crippen molar-refractivity contribution in [3.05, 3.63) is 34.4 Å². The van der Waals surface area contributed by atoms with Crippen LogP contribution >= 0.6 is 0 Å². The van der Waals surface area contributed by atoms with E-state index in [0.29, 0.717) is 31.6 Å². The molecule has 2 heterocycles. The summed E-state index contributed by atoms with van der Waals surface area (Å²) in [4.78, 5) is 39.6. The van der Waals surface area contributed by atoms with E-state index in [1.807, 2.05) is 23.6 Å². The number of rotatable bonds is 5. The average Bonchev–Trinajstić information content (AvgIpc) is 2.72. The van der Waals surface area contributed by atoms with Crippen LogP contribution in [-0.2, 0) is 14.3 Å². The van der Waals surface area contributed by atoms with Crippen molar-refractivity contribution in [1.29, 1.82) is 0 Å². The molecule has 2 atom stereocenters. The van der Waals surface area contributed by atoms with E-state index in [1.54, 1.807) is 18.2 Å². The number of hydrogen-bond acceptors (Lipinski definition) is 6. The smallest absolute Gasteiger partial charge is 0.309 e. The first-order chi connectivity index (χ1) is 13.9. The quantitative estimate of drug-likeness (QED) is 0.426. The van der Waals surface area contributed by atoms with E-state index in [-0.39, 0.29) is 47.1 Å². The Balaban J connectivity index is 1.50. The third-order valence-electron chi connectivity index (χ3n) is 6.07. The molecule has 0 aliphatic carbocycles. The molecule has 2 fully saturated rings. The van der Waals surface area contributed by atoms with Crippen LogP contribution < -0.4 is 4.90 Å². The summed E-state index contributed by atoms with van der Waals surface area (Å²) in [6, 6.07) is 6.99. The van der Waals surface area contributed by atoms with Gasteiger partial charge in [0.2, 0.25) is 0 Å². The highest BCUT2D eigenvalue weighted by Crippen LogP contribution is 2.31. The molecule has 3 rings (SSSR count). The van der Waals surface area contributed by atoms with E-state index < -0.39 is 0 Å². The molecule has 8 heteroatoms. The SMILES string of the molecule is C[C@H]1CCC[C@H](C)N1C(=O)COC(=O)C1CCN(c2ccccc2[N+](=O)[O-])CC1. The number of piperidine rings is 2. The van der Waals surface area contributed by atoms with Crippen molar-refractivity contribution in [2.45, 2.75) is 58.0 Å². The normalized spacial score (nSPS) is 23.0. The van der Waals surface area contributed by atoms with Crippen LogP contribution in [0.15, 0.2) is 24.3 Å². The maximum Gasteiger partial charge on any atom is 0.309 e. The molecular formula is C21H29N3O5. The number of likely N-dealkylation sites (tertiary alicyclic amines) is 1. The number of amides is 1. The number of esters is 1. The van der Waals surface area contributed by atoms with Gasteiger partial charge in [-0.2, -0.15) is 0 Å². The first kappa shape index (κ1) is 21.1. The van der Waals surface area contributed by atoms with Crippen molar-refractivity contribution < 1.29 is 19.2 Å². The first-order valence-electron chi connectivity index (χ1n) is 10.3. The third kappa shape index (κ3) is 4.86. The average molecular weight is 403 g/mol. The standard InChI is InChI=1S/C21H29N3O5/c1-15-6-5-7-16(2)23(15)20(25)14-29-21(26)17-10-12-22(13-11-17)18-8-3-4-9-19(18)24(27)28/h3-4,8-9,15-17H,5-7,10-14H2,1-2H3/t15-,16-/m0/s1. The van der Waals surface area contributed by atoms with Crippen LogP contribution in [0, 0.1) is 16.0 Å². The van der Waals surface area contributed by atoms with E-state index in [1.165, 1.54) is 6.07 Å². The molecule has 0 N–H and O–H groups in total. The molecule has 0 bridgehead atoms. The lowest BCUT2D eigenvalue weighted by Gasteiger charge is -2.39. The van der Waals surface area contributed by atoms with E-state index in [0.717, 1.165) is 19.3 Å². The minimum atomic E-state index is -0.385. The van der Waals surface area contributed by atoms with Crippen LogP contribution in [0.2, 0.25) is 0 Å². The second kappa shape index (κ2) is 9.24. The fourth-order valence-corrected chi connectivity index (χ4v) is 4.48. The second-order valence-corrected chi connectivity index (χ2v) is 8.04. The van der Waals surface area contributed by atoms with E-state index in [2.05, 4.69) is 0 Å². The molecule has 158 valence electrons. The molecule has 1 aromatic rings. The number of ether oxygens (including phenoxy) is 1. The molecular weight excluding hydrogens is 374 g/mol. The minimum Gasteiger partial charge on any atom is -0.455 e. The fraction of sp³-hybridized carbons (Fsp3) is 0.619. The van der Waals surface area contributed by atoms with Crippen LogP contribution in [0.1, 0.15) is 46.0 Å². The number of nitrogens with zero attached hydrogens (tertiary/aromatic N) is 3. The Kier molecular flexibility index (Phi) is 6.71. The number of nitro groups is 1. The lowest BCUT2D eigenvalue weighted by Crippen LogP contribution is -2.49. The summed E-state index contributed by atoms with van der Waals surface area (Å²) in [5, 5.41) is 11.2. The predicted octanol–water partition coefficient (Wildman–Crippen LogP) is 3.14. The predicted molar refractivity (Wildman–Crippen MR) is 109 cm³/mol. The van der Waals surface area contributed by atoms with Gasteiger partial charge in [0.1, 0.15) is 5.69 Å². The second-order valence-electron chi connectivity index (χ2n) is 8.04. The lowest BCUT2D eigenvalue weighted by atomic mass is 9.96. The zero-order valence-electron chi connectivity index (χ0n) is 17.1. The number of carbonyl (C=O) groups excluding carboxylic acids is 2. The van der Waals surface area contributed by atoms with Crippen LogP contribution in [0.5, 0.6) is 0 Å². The zero-order chi connectivity index (χ0) is 21.0. The van der Waals surface area contributed by atoms with Gasteiger partial charge in [-0.3, -0.25) is 19.7 Å². The molecule has 1 amide bonds. The summed E-state index contributed by atoms with van der Waals surface area (Å²) < 4.78 is 5.34. The van der Waals surface area contributed by atoms with Gasteiger partial charge < -0.3 is 14.5 Å². The molecule has 0 spiro atoms. The summed E-state index contributed by atoms with van der Waals surface area (Å²) in [6.07, 6.45) is 4.18. The molecule has 29 heavy (non-hydrogen) atoms. The molecule has 2 aliphatic rings. The van der Waals surface area contributed by atoms with Crippen molar-refractivity contribution in [1.82, 2.24) is 4.90 Å². The Morgan fingerprint density at radius 1 is 1.10 bits per heavy atom. The molecule has 0 saturated carbocycles. The fourth-order valence-electron chi connectivity index (χ4n) is 4.48. The highest BCUT2D eigenvalue weighted by Gasteiger charge is 2.32. The lowest BCUT2D eigenvalue weighted by molar-refractivity contribution is -0.384. The number of para-hydroxylation sites is 2. The van der Waals surface area contributed by atoms with Crippen molar-refractivity contribution in [3.63, 3.8) is 0 Å². The van der Waals surface area contributed by atoms with Crippen LogP contribution in [0.25, 0.3) is 0 Å². The van der Waals surface area contributed by atoms with Gasteiger partial charge in [0, 0.05) is 31.2 Å². The van der Waals surface area contributed by atoms with Crippen molar-refractivity contribution in [3.8, 4) is 0 Å².